The Morgan fingerprint density at radius 1 is 0.583 bits per heavy atom. The Labute approximate surface area is 378 Å². The Morgan fingerprint density at radius 3 is 1.22 bits per heavy atom. The molecular formula is C46H66B2Cl3N3O6. The van der Waals surface area contributed by atoms with Gasteiger partial charge in [-0.05, 0) is 142 Å². The van der Waals surface area contributed by atoms with Crippen LogP contribution in [0, 0.1) is 11.8 Å². The summed E-state index contributed by atoms with van der Waals surface area (Å²) in [6, 6.07) is 16.4. The molecule has 0 spiro atoms. The molecule has 3 saturated carbocycles. The third-order valence-corrected chi connectivity index (χ3v) is 12.3. The highest BCUT2D eigenvalue weighted by atomic mass is 35.5. The summed E-state index contributed by atoms with van der Waals surface area (Å²) in [6.45, 7) is 12.3. The van der Waals surface area contributed by atoms with Gasteiger partial charge in [-0.1, -0.05) is 87.6 Å². The van der Waals surface area contributed by atoms with E-state index in [1.54, 1.807) is 6.07 Å². The Kier molecular flexibility index (Phi) is 21.4. The quantitative estimate of drug-likeness (QED) is 0.0985. The molecule has 5 N–H and O–H groups in total. The van der Waals surface area contributed by atoms with Crippen LogP contribution in [0.3, 0.4) is 0 Å². The first-order valence-electron chi connectivity index (χ1n) is 21.0. The van der Waals surface area contributed by atoms with E-state index in [0.29, 0.717) is 39.1 Å². The maximum absolute atomic E-state index is 10.4. The van der Waals surface area contributed by atoms with E-state index in [0.717, 1.165) is 112 Å². The highest BCUT2D eigenvalue weighted by molar-refractivity contribution is 6.32. The number of aliphatic hydroxyl groups excluding tert-OH is 3. The van der Waals surface area contributed by atoms with Crippen molar-refractivity contribution in [2.45, 2.75) is 129 Å². The average molecular weight is 885 g/mol. The summed E-state index contributed by atoms with van der Waals surface area (Å²) >= 11 is 18.6. The van der Waals surface area contributed by atoms with Gasteiger partial charge in [0.05, 0.1) is 51.7 Å². The van der Waals surface area contributed by atoms with E-state index >= 15 is 0 Å². The zero-order valence-corrected chi connectivity index (χ0v) is 37.1. The predicted octanol–water partition coefficient (Wildman–Crippen LogP) is 9.04. The lowest BCUT2D eigenvalue weighted by Crippen LogP contribution is -2.47. The van der Waals surface area contributed by atoms with E-state index < -0.39 is 18.3 Å². The Balaban J connectivity index is 0.000000235. The van der Waals surface area contributed by atoms with Gasteiger partial charge in [-0.3, -0.25) is 0 Å². The van der Waals surface area contributed by atoms with Crippen molar-refractivity contribution in [3.8, 4) is 17.2 Å². The van der Waals surface area contributed by atoms with Crippen molar-refractivity contribution in [2.24, 2.45) is 17.6 Å². The molecule has 9 nitrogen and oxygen atoms in total. The van der Waals surface area contributed by atoms with E-state index in [9.17, 15) is 15.3 Å². The number of aliphatic hydroxyl groups is 3. The topological polar surface area (TPSA) is 121 Å². The monoisotopic (exact) mass is 883 g/mol. The lowest BCUT2D eigenvalue weighted by atomic mass is 9.95. The summed E-state index contributed by atoms with van der Waals surface area (Å²) in [6.07, 6.45) is 9.51. The van der Waals surface area contributed by atoms with E-state index in [-0.39, 0.29) is 42.1 Å². The highest BCUT2D eigenvalue weighted by Crippen LogP contribution is 2.37. The first-order chi connectivity index (χ1) is 27.4. The van der Waals surface area contributed by atoms with Crippen LogP contribution in [-0.4, -0.2) is 106 Å². The summed E-state index contributed by atoms with van der Waals surface area (Å²) in [5.74, 6) is 2.61. The molecule has 0 unspecified atom stereocenters. The number of nitrogens with two attached hydrogens (primary N) is 1. The summed E-state index contributed by atoms with van der Waals surface area (Å²) in [7, 11) is 0. The van der Waals surface area contributed by atoms with Gasteiger partial charge in [-0.2, -0.15) is 0 Å². The second-order valence-corrected chi connectivity index (χ2v) is 17.9. The van der Waals surface area contributed by atoms with Gasteiger partial charge in [0, 0.05) is 36.0 Å². The standard InChI is InChI=1S/C16H22ClNO2.C15H21ClN2O2.C14H19ClO2.CH4.2B/c1-11(10-18-7-2-8-18)16(19)12-3-6-15(14(17)9-12)20-13-4-5-13;16-12-8-10(2-5-14(12)20-11-3-4-11)15(19)13(17)9-18-6-1-7-18;1-3-9(2)14(16)10-4-7-13(12(15)8-10)17-11-5-6-11;;;/h3,6,9,11,13,16,19H,2,4-5,7-8,10H2,1H3;2,5,8,11,13,15,19H,1,3-4,6-7,9,17H2;4,7-9,11,14,16H,3,5-6H2,1-2H3;1H4;;/t11-,16+;13-,15-;9-,14+;;;/m111.../s1. The van der Waals surface area contributed by atoms with Crippen LogP contribution in [0.1, 0.15) is 121 Å². The van der Waals surface area contributed by atoms with E-state index in [2.05, 4.69) is 23.6 Å². The van der Waals surface area contributed by atoms with Crippen LogP contribution >= 0.6 is 34.8 Å². The fraction of sp³-hybridized carbons (Fsp3) is 0.609. The molecule has 3 aromatic carbocycles. The number of likely N-dealkylation sites (tertiary alicyclic amines) is 2. The lowest BCUT2D eigenvalue weighted by molar-refractivity contribution is 0.0677. The van der Waals surface area contributed by atoms with Crippen molar-refractivity contribution in [2.75, 3.05) is 39.3 Å². The molecule has 6 radical (unpaired) electrons. The number of rotatable bonds is 17. The lowest BCUT2D eigenvalue weighted by Gasteiger charge is -2.34. The number of halogens is 3. The molecule has 3 aliphatic carbocycles. The Morgan fingerprint density at radius 2 is 0.917 bits per heavy atom. The van der Waals surface area contributed by atoms with Crippen molar-refractivity contribution in [3.05, 3.63) is 86.4 Å². The molecule has 2 saturated heterocycles. The highest BCUT2D eigenvalue weighted by Gasteiger charge is 2.28. The molecule has 0 aromatic heterocycles. The molecule has 0 amide bonds. The van der Waals surface area contributed by atoms with Gasteiger partial charge in [0.15, 0.2) is 0 Å². The van der Waals surface area contributed by atoms with Crippen molar-refractivity contribution in [1.82, 2.24) is 9.80 Å². The van der Waals surface area contributed by atoms with Gasteiger partial charge in [0.1, 0.15) is 17.2 Å². The minimum absolute atomic E-state index is 0. The van der Waals surface area contributed by atoms with E-state index in [4.69, 9.17) is 54.7 Å². The smallest absolute Gasteiger partial charge is 0.138 e. The van der Waals surface area contributed by atoms with Crippen LogP contribution in [0.15, 0.2) is 54.6 Å². The fourth-order valence-electron chi connectivity index (χ4n) is 6.65. The SMILES string of the molecule is C.CC[C@@H](C)[C@H](O)c1ccc(OC2CC2)c(Cl)c1.C[C@H](CN1CCC1)[C@H](O)c1ccc(OC2CC2)c(Cl)c1.N[C@H](CN1CCC1)[C@H](O)c1ccc(OC2CC2)c(Cl)c1.[B].[B]. The largest absolute Gasteiger partial charge is 0.489 e. The van der Waals surface area contributed by atoms with Gasteiger partial charge in [0.2, 0.25) is 0 Å². The normalized spacial score (nSPS) is 20.1. The van der Waals surface area contributed by atoms with Crippen molar-refractivity contribution in [3.63, 3.8) is 0 Å². The molecule has 5 aliphatic rings. The van der Waals surface area contributed by atoms with Crippen molar-refractivity contribution >= 4 is 51.6 Å². The van der Waals surface area contributed by atoms with E-state index in [1.807, 2.05) is 55.5 Å². The molecule has 60 heavy (non-hydrogen) atoms. The number of hydrogen-bond acceptors (Lipinski definition) is 9. The van der Waals surface area contributed by atoms with Crippen LogP contribution in [0.5, 0.6) is 17.2 Å². The number of nitrogens with zero attached hydrogens (tertiary/aromatic N) is 2. The van der Waals surface area contributed by atoms with E-state index in [1.165, 1.54) is 12.8 Å². The second kappa shape index (κ2) is 24.6. The third-order valence-electron chi connectivity index (χ3n) is 11.4. The Hall–Kier alpha value is -2.18. The van der Waals surface area contributed by atoms with Crippen LogP contribution in [-0.2, 0) is 0 Å². The summed E-state index contributed by atoms with van der Waals surface area (Å²) < 4.78 is 17.1. The summed E-state index contributed by atoms with van der Waals surface area (Å²) in [4.78, 5) is 4.63. The minimum atomic E-state index is -0.692. The summed E-state index contributed by atoms with van der Waals surface area (Å²) in [5, 5.41) is 32.6. The third kappa shape index (κ3) is 15.6. The zero-order valence-electron chi connectivity index (χ0n) is 34.8. The first kappa shape index (κ1) is 52.2. The van der Waals surface area contributed by atoms with Crippen molar-refractivity contribution in [1.29, 1.82) is 0 Å². The zero-order chi connectivity index (χ0) is 40.6. The molecule has 0 bridgehead atoms. The maximum atomic E-state index is 10.4. The molecule has 328 valence electrons. The molecule has 8 rings (SSSR count). The number of ether oxygens (including phenoxy) is 3. The van der Waals surface area contributed by atoms with Gasteiger partial charge < -0.3 is 45.1 Å². The van der Waals surface area contributed by atoms with Gasteiger partial charge >= 0.3 is 0 Å². The molecule has 3 aromatic rings. The Bertz CT molecular complexity index is 1660. The molecular weight excluding hydrogens is 819 g/mol. The van der Waals surface area contributed by atoms with Crippen molar-refractivity contribution < 1.29 is 29.5 Å². The minimum Gasteiger partial charge on any atom is -0.489 e. The van der Waals surface area contributed by atoms with Crippen LogP contribution in [0.4, 0.5) is 0 Å². The first-order valence-corrected chi connectivity index (χ1v) is 22.1. The molecule has 2 aliphatic heterocycles. The van der Waals surface area contributed by atoms with Gasteiger partial charge in [0.25, 0.3) is 0 Å². The number of benzene rings is 3. The molecule has 2 heterocycles. The fourth-order valence-corrected chi connectivity index (χ4v) is 7.35. The maximum Gasteiger partial charge on any atom is 0.138 e. The van der Waals surface area contributed by atoms with Crippen LogP contribution in [0.25, 0.3) is 0 Å². The molecule has 6 atom stereocenters. The summed E-state index contributed by atoms with van der Waals surface area (Å²) in [5.41, 5.74) is 8.58. The molecule has 14 heteroatoms. The van der Waals surface area contributed by atoms with Crippen LogP contribution < -0.4 is 19.9 Å². The van der Waals surface area contributed by atoms with Gasteiger partial charge in [-0.15, -0.1) is 0 Å². The van der Waals surface area contributed by atoms with Crippen LogP contribution in [0.2, 0.25) is 15.1 Å². The molecule has 5 fully saturated rings. The average Bonchev–Trinajstić information content (AvgIpc) is 4.01. The predicted molar refractivity (Wildman–Crippen MR) is 247 cm³/mol. The second-order valence-electron chi connectivity index (χ2n) is 16.7. The number of hydrogen-bond donors (Lipinski definition) is 4. The van der Waals surface area contributed by atoms with Gasteiger partial charge in [-0.25, -0.2) is 0 Å².